The molecule has 0 radical (unpaired) electrons. The molecule has 4 heterocycles. The molecule has 0 aliphatic heterocycles. The van der Waals surface area contributed by atoms with Gasteiger partial charge in [0.2, 0.25) is 11.9 Å². The number of halogens is 2. The fourth-order valence-electron chi connectivity index (χ4n) is 2.06. The fourth-order valence-corrected chi connectivity index (χ4v) is 3.69. The molecule has 28 heavy (non-hydrogen) atoms. The molecule has 0 bridgehead atoms. The second-order valence-electron chi connectivity index (χ2n) is 5.06. The van der Waals surface area contributed by atoms with E-state index in [2.05, 4.69) is 57.2 Å². The van der Waals surface area contributed by atoms with Crippen molar-refractivity contribution in [1.82, 2.24) is 29.1 Å². The molecule has 0 saturated carbocycles. The van der Waals surface area contributed by atoms with Crippen LogP contribution >= 0.6 is 59.9 Å². The van der Waals surface area contributed by atoms with Crippen molar-refractivity contribution in [3.63, 3.8) is 0 Å². The largest absolute Gasteiger partial charge is 0.369 e. The van der Waals surface area contributed by atoms with E-state index in [0.29, 0.717) is 20.7 Å². The van der Waals surface area contributed by atoms with Crippen LogP contribution in [0.3, 0.4) is 0 Å². The number of hydrogen-bond acceptors (Lipinski definition) is 10. The van der Waals surface area contributed by atoms with E-state index in [9.17, 15) is 19.2 Å². The number of aromatic nitrogens is 6. The van der Waals surface area contributed by atoms with Gasteiger partial charge in [0.25, 0.3) is 11.1 Å². The van der Waals surface area contributed by atoms with E-state index in [-0.39, 0.29) is 32.8 Å². The number of hydrogen-bond donors (Lipinski definition) is 4. The Morgan fingerprint density at radius 2 is 1.11 bits per heavy atom. The van der Waals surface area contributed by atoms with E-state index in [1.54, 1.807) is 14.1 Å². The molecule has 0 atom stereocenters. The van der Waals surface area contributed by atoms with Crippen LogP contribution < -0.4 is 32.3 Å². The molecule has 16 heteroatoms. The first-order chi connectivity index (χ1) is 13.2. The third-order valence-electron chi connectivity index (χ3n) is 3.32. The van der Waals surface area contributed by atoms with Gasteiger partial charge >= 0.3 is 9.75 Å². The average molecular weight is 650 g/mol. The molecule has 0 spiro atoms. The quantitative estimate of drug-likeness (QED) is 0.196. The van der Waals surface area contributed by atoms with Crippen molar-refractivity contribution in [2.45, 2.75) is 0 Å². The summed E-state index contributed by atoms with van der Waals surface area (Å²) in [4.78, 5) is 56.7. The Morgan fingerprint density at radius 1 is 0.786 bits per heavy atom. The Hall–Kier alpha value is -1.80. The van der Waals surface area contributed by atoms with Crippen LogP contribution in [0.25, 0.3) is 20.7 Å². The van der Waals surface area contributed by atoms with Crippen LogP contribution in [0.2, 0.25) is 0 Å². The van der Waals surface area contributed by atoms with Gasteiger partial charge in [-0.05, 0) is 0 Å². The normalized spacial score (nSPS) is 10.3. The molecular formula is C12H12I2N8O4S2. The van der Waals surface area contributed by atoms with E-state index >= 15 is 0 Å². The van der Waals surface area contributed by atoms with Gasteiger partial charge < -0.3 is 11.5 Å². The number of fused-ring (bicyclic) bond motifs is 2. The lowest BCUT2D eigenvalue weighted by molar-refractivity contribution is 0.915. The number of nitrogen functional groups attached to an aromatic ring is 2. The maximum Gasteiger partial charge on any atom is 0.309 e. The molecule has 0 aromatic carbocycles. The number of nitrogens with two attached hydrogens (primary N) is 2. The minimum atomic E-state index is -0.370. The number of anilines is 2. The van der Waals surface area contributed by atoms with Crippen LogP contribution in [0, 0.1) is 0 Å². The van der Waals surface area contributed by atoms with Gasteiger partial charge in [-0.2, -0.15) is 9.97 Å². The lowest BCUT2D eigenvalue weighted by atomic mass is 10.6. The first-order valence-corrected chi connectivity index (χ1v) is 15.0. The van der Waals surface area contributed by atoms with Gasteiger partial charge in [-0.15, -0.1) is 0 Å². The van der Waals surface area contributed by atoms with Crippen molar-refractivity contribution in [3.05, 3.63) is 40.0 Å². The monoisotopic (exact) mass is 650 g/mol. The third kappa shape index (κ3) is 4.43. The van der Waals surface area contributed by atoms with E-state index in [1.165, 1.54) is 9.13 Å². The second-order valence-corrected chi connectivity index (χ2v) is 6.98. The van der Waals surface area contributed by atoms with Gasteiger partial charge in [-0.3, -0.25) is 38.3 Å². The highest BCUT2D eigenvalue weighted by molar-refractivity contribution is 15.0. The van der Waals surface area contributed by atoms with Crippen LogP contribution in [-0.4, -0.2) is 29.1 Å². The summed E-state index contributed by atoms with van der Waals surface area (Å²) < 4.78 is 3.21. The Labute approximate surface area is 185 Å². The number of nitrogens with one attached hydrogen (secondary N) is 2. The summed E-state index contributed by atoms with van der Waals surface area (Å²) in [5, 5.41) is 0. The van der Waals surface area contributed by atoms with Crippen molar-refractivity contribution in [2.75, 3.05) is 11.5 Å². The number of H-pyrrole nitrogens is 2. The molecule has 0 amide bonds. The van der Waals surface area contributed by atoms with Gasteiger partial charge in [-0.25, -0.2) is 0 Å². The Kier molecular flexibility index (Phi) is 7.33. The zero-order valence-corrected chi connectivity index (χ0v) is 20.1. The van der Waals surface area contributed by atoms with Crippen molar-refractivity contribution < 1.29 is 0 Å². The number of aryl methyl sites for hydroxylation is 2. The fraction of sp³-hybridized carbons (Fsp3) is 0.167. The molecule has 0 saturated heterocycles. The molecule has 0 unspecified atom stereocenters. The van der Waals surface area contributed by atoms with Crippen LogP contribution in [-0.2, 0) is 14.1 Å². The summed E-state index contributed by atoms with van der Waals surface area (Å²) in [5.41, 5.74) is 10.6. The summed E-state index contributed by atoms with van der Waals surface area (Å²) in [6.07, 6.45) is 0. The third-order valence-corrected chi connectivity index (χ3v) is 5.36. The highest BCUT2D eigenvalue weighted by atomic mass is 128. The topological polar surface area (TPSA) is 188 Å². The predicted molar refractivity (Wildman–Crippen MR) is 128 cm³/mol. The predicted octanol–water partition coefficient (Wildman–Crippen LogP) is 0.302. The maximum atomic E-state index is 11.2. The lowest BCUT2D eigenvalue weighted by Crippen LogP contribution is -2.12. The summed E-state index contributed by atoms with van der Waals surface area (Å²) >= 11 is 5.96. The van der Waals surface area contributed by atoms with Crippen molar-refractivity contribution in [3.8, 4) is 0 Å². The lowest BCUT2D eigenvalue weighted by Gasteiger charge is -1.93. The second kappa shape index (κ2) is 9.13. The zero-order chi connectivity index (χ0) is 21.2. The van der Waals surface area contributed by atoms with Gasteiger partial charge in [0.15, 0.2) is 11.3 Å². The highest BCUT2D eigenvalue weighted by Gasteiger charge is 2.10. The summed E-state index contributed by atoms with van der Waals surface area (Å²) in [6, 6.07) is 0. The molecule has 4 rings (SSSR count). The van der Waals surface area contributed by atoms with Crippen LogP contribution in [0.4, 0.5) is 11.9 Å². The van der Waals surface area contributed by atoms with Crippen molar-refractivity contribution >= 4 is 92.5 Å². The molecule has 0 aliphatic rings. The summed E-state index contributed by atoms with van der Waals surface area (Å²) in [7, 11) is 3.10. The van der Waals surface area contributed by atoms with E-state index < -0.39 is 0 Å². The molecule has 0 fully saturated rings. The van der Waals surface area contributed by atoms with Gasteiger partial charge in [0.05, 0.1) is 0 Å². The van der Waals surface area contributed by atoms with Gasteiger partial charge in [-0.1, -0.05) is 22.7 Å². The Bertz CT molecular complexity index is 1270. The highest BCUT2D eigenvalue weighted by Crippen LogP contribution is 2.09. The van der Waals surface area contributed by atoms with E-state index in [0.717, 1.165) is 22.7 Å². The SMILES string of the molecule is Cn1c(=O)sc2c(=O)[nH]c(N)nc21.Cn1c(=O)sc2c(=O)[nH]c(N)nc21.II. The van der Waals surface area contributed by atoms with Crippen LogP contribution in [0.15, 0.2) is 19.2 Å². The number of rotatable bonds is 0. The minimum absolute atomic E-state index is 0.0194. The van der Waals surface area contributed by atoms with Gasteiger partial charge in [0, 0.05) is 51.3 Å². The molecule has 6 N–H and O–H groups in total. The summed E-state index contributed by atoms with van der Waals surface area (Å²) in [5.74, 6) is 0.0387. The summed E-state index contributed by atoms with van der Waals surface area (Å²) in [6.45, 7) is 0. The first-order valence-electron chi connectivity index (χ1n) is 7.04. The van der Waals surface area contributed by atoms with E-state index in [1.807, 2.05) is 0 Å². The van der Waals surface area contributed by atoms with Crippen LogP contribution in [0.5, 0.6) is 0 Å². The molecule has 4 aromatic rings. The molecule has 150 valence electrons. The van der Waals surface area contributed by atoms with Crippen molar-refractivity contribution in [1.29, 1.82) is 0 Å². The standard InChI is InChI=1S/2C6H6N4O2S.I2/c2*1-10-3-2(13-6(10)12)4(11)9-5(7)8-3;1-2/h2*1H3,(H3,7,8,9,11);. The average Bonchev–Trinajstić information content (AvgIpc) is 3.09. The number of thiazole rings is 2. The molecule has 4 aromatic heterocycles. The zero-order valence-electron chi connectivity index (χ0n) is 14.1. The maximum absolute atomic E-state index is 11.2. The van der Waals surface area contributed by atoms with Gasteiger partial charge in [0.1, 0.15) is 9.40 Å². The molecule has 12 nitrogen and oxygen atoms in total. The molecular weight excluding hydrogens is 638 g/mol. The molecule has 0 aliphatic carbocycles. The minimum Gasteiger partial charge on any atom is -0.369 e. The Morgan fingerprint density at radius 3 is 1.43 bits per heavy atom. The number of nitrogens with zero attached hydrogens (tertiary/aromatic N) is 4. The first kappa shape index (κ1) is 22.5. The number of aromatic amines is 2. The van der Waals surface area contributed by atoms with E-state index in [4.69, 9.17) is 11.5 Å². The Balaban J connectivity index is 0.000000184. The van der Waals surface area contributed by atoms with Crippen LogP contribution in [0.1, 0.15) is 0 Å². The smallest absolute Gasteiger partial charge is 0.309 e. The van der Waals surface area contributed by atoms with Crippen molar-refractivity contribution in [2.24, 2.45) is 14.1 Å².